The number of fused-ring (bicyclic) bond motifs is 1. The second-order valence-corrected chi connectivity index (χ2v) is 5.93. The van der Waals surface area contributed by atoms with Crippen LogP contribution < -0.4 is 14.8 Å². The van der Waals surface area contributed by atoms with E-state index < -0.39 is 0 Å². The van der Waals surface area contributed by atoms with Crippen LogP contribution in [0, 0.1) is 6.92 Å². The quantitative estimate of drug-likeness (QED) is 0.712. The zero-order valence-corrected chi connectivity index (χ0v) is 14.7. The topological polar surface area (TPSA) is 63.3 Å². The van der Waals surface area contributed by atoms with Gasteiger partial charge in [-0.3, -0.25) is 4.79 Å². The van der Waals surface area contributed by atoms with Crippen molar-refractivity contribution < 1.29 is 14.3 Å². The van der Waals surface area contributed by atoms with Crippen LogP contribution >= 0.6 is 0 Å². The number of aromatic amines is 1. The van der Waals surface area contributed by atoms with Crippen LogP contribution in [0.15, 0.2) is 42.6 Å². The zero-order valence-electron chi connectivity index (χ0n) is 14.7. The lowest BCUT2D eigenvalue weighted by Crippen LogP contribution is -2.13. The Morgan fingerprint density at radius 2 is 1.84 bits per heavy atom. The van der Waals surface area contributed by atoms with Crippen molar-refractivity contribution in [2.75, 3.05) is 19.5 Å². The van der Waals surface area contributed by atoms with Gasteiger partial charge in [-0.1, -0.05) is 18.2 Å². The summed E-state index contributed by atoms with van der Waals surface area (Å²) < 4.78 is 10.6. The van der Waals surface area contributed by atoms with Crippen LogP contribution in [0.25, 0.3) is 10.9 Å². The number of aromatic nitrogens is 1. The highest BCUT2D eigenvalue weighted by molar-refractivity contribution is 5.92. The van der Waals surface area contributed by atoms with Crippen molar-refractivity contribution in [3.8, 4) is 11.5 Å². The second kappa shape index (κ2) is 7.30. The van der Waals surface area contributed by atoms with Gasteiger partial charge >= 0.3 is 0 Å². The molecule has 2 aromatic carbocycles. The molecule has 0 spiro atoms. The van der Waals surface area contributed by atoms with Gasteiger partial charge in [0, 0.05) is 35.3 Å². The van der Waals surface area contributed by atoms with Crippen LogP contribution in [-0.2, 0) is 11.2 Å². The molecule has 1 heterocycles. The summed E-state index contributed by atoms with van der Waals surface area (Å²) in [5.41, 5.74) is 3.91. The summed E-state index contributed by atoms with van der Waals surface area (Å²) in [6.07, 6.45) is 3.07. The smallest absolute Gasteiger partial charge is 0.224 e. The van der Waals surface area contributed by atoms with Gasteiger partial charge in [-0.05, 0) is 36.6 Å². The van der Waals surface area contributed by atoms with E-state index in [-0.39, 0.29) is 5.91 Å². The van der Waals surface area contributed by atoms with Crippen molar-refractivity contribution in [1.82, 2.24) is 4.98 Å². The maximum absolute atomic E-state index is 12.4. The number of hydrogen-bond donors (Lipinski definition) is 2. The number of carbonyl (C=O) groups is 1. The third kappa shape index (κ3) is 3.60. The fourth-order valence-corrected chi connectivity index (χ4v) is 2.91. The number of hydrogen-bond acceptors (Lipinski definition) is 3. The largest absolute Gasteiger partial charge is 0.493 e. The van der Waals surface area contributed by atoms with E-state index in [1.807, 2.05) is 37.4 Å². The summed E-state index contributed by atoms with van der Waals surface area (Å²) in [6, 6.07) is 11.7. The Bertz CT molecular complexity index is 899. The normalized spacial score (nSPS) is 10.7. The third-order valence-electron chi connectivity index (χ3n) is 4.30. The summed E-state index contributed by atoms with van der Waals surface area (Å²) in [5, 5.41) is 4.13. The molecular formula is C20H22N2O3. The first-order valence-electron chi connectivity index (χ1n) is 8.20. The monoisotopic (exact) mass is 338 g/mol. The predicted octanol–water partition coefficient (Wildman–Crippen LogP) is 4.06. The first-order valence-corrected chi connectivity index (χ1v) is 8.20. The van der Waals surface area contributed by atoms with Crippen LogP contribution in [0.1, 0.15) is 17.5 Å². The number of nitrogens with one attached hydrogen (secondary N) is 2. The number of para-hydroxylation sites is 1. The summed E-state index contributed by atoms with van der Waals surface area (Å²) >= 11 is 0. The van der Waals surface area contributed by atoms with E-state index in [9.17, 15) is 4.79 Å². The van der Waals surface area contributed by atoms with Crippen LogP contribution in [0.5, 0.6) is 11.5 Å². The van der Waals surface area contributed by atoms with Gasteiger partial charge < -0.3 is 19.8 Å². The van der Waals surface area contributed by atoms with Crippen LogP contribution in [0.4, 0.5) is 5.69 Å². The van der Waals surface area contributed by atoms with Gasteiger partial charge in [0.1, 0.15) is 0 Å². The van der Waals surface area contributed by atoms with Gasteiger partial charge in [0.05, 0.1) is 14.2 Å². The number of aryl methyl sites for hydroxylation is 2. The third-order valence-corrected chi connectivity index (χ3v) is 4.30. The number of amides is 1. The van der Waals surface area contributed by atoms with Crippen LogP contribution in [-0.4, -0.2) is 25.1 Å². The number of rotatable bonds is 6. The Hall–Kier alpha value is -2.95. The van der Waals surface area contributed by atoms with Crippen molar-refractivity contribution >= 4 is 22.5 Å². The lowest BCUT2D eigenvalue weighted by atomic mass is 10.1. The van der Waals surface area contributed by atoms with E-state index in [4.69, 9.17) is 9.47 Å². The molecule has 1 aromatic heterocycles. The van der Waals surface area contributed by atoms with Crippen molar-refractivity contribution in [2.45, 2.75) is 19.8 Å². The fraction of sp³-hybridized carbons (Fsp3) is 0.250. The van der Waals surface area contributed by atoms with E-state index >= 15 is 0 Å². The molecule has 0 radical (unpaired) electrons. The summed E-state index contributed by atoms with van der Waals surface area (Å²) in [6.45, 7) is 1.93. The number of anilines is 1. The number of H-pyrrole nitrogens is 1. The highest BCUT2D eigenvalue weighted by atomic mass is 16.5. The number of ether oxygens (including phenoxy) is 2. The molecular weight excluding hydrogens is 316 g/mol. The molecule has 0 atom stereocenters. The highest BCUT2D eigenvalue weighted by Crippen LogP contribution is 2.33. The molecule has 2 N–H and O–H groups in total. The molecule has 0 bridgehead atoms. The Kier molecular flexibility index (Phi) is 4.93. The maximum Gasteiger partial charge on any atom is 0.224 e. The van der Waals surface area contributed by atoms with Crippen LogP contribution in [0.2, 0.25) is 0 Å². The Balaban J connectivity index is 1.68. The molecule has 1 amide bonds. The van der Waals surface area contributed by atoms with Gasteiger partial charge in [0.25, 0.3) is 0 Å². The van der Waals surface area contributed by atoms with E-state index in [0.29, 0.717) is 24.3 Å². The summed E-state index contributed by atoms with van der Waals surface area (Å²) in [5.74, 6) is 1.22. The first-order chi connectivity index (χ1) is 12.1. The average Bonchev–Trinajstić information content (AvgIpc) is 3.04. The number of carbonyl (C=O) groups excluding carboxylic acids is 1. The van der Waals surface area contributed by atoms with E-state index in [2.05, 4.69) is 16.4 Å². The Morgan fingerprint density at radius 3 is 2.60 bits per heavy atom. The standard InChI is InChI=1S/C20H22N2O3/c1-13-10-18(24-2)19(25-3)11-17(13)22-20(23)9-8-14-12-21-16-7-5-4-6-15(14)16/h4-7,10-12,21H,8-9H2,1-3H3,(H,22,23). The van der Waals surface area contributed by atoms with E-state index in [1.54, 1.807) is 20.3 Å². The lowest BCUT2D eigenvalue weighted by Gasteiger charge is -2.13. The first kappa shape index (κ1) is 16.9. The lowest BCUT2D eigenvalue weighted by molar-refractivity contribution is -0.116. The number of benzene rings is 2. The molecule has 0 unspecified atom stereocenters. The van der Waals surface area contributed by atoms with Crippen molar-refractivity contribution in [1.29, 1.82) is 0 Å². The van der Waals surface area contributed by atoms with Gasteiger partial charge in [-0.25, -0.2) is 0 Å². The molecule has 5 nitrogen and oxygen atoms in total. The molecule has 130 valence electrons. The van der Waals surface area contributed by atoms with Gasteiger partial charge in [-0.15, -0.1) is 0 Å². The maximum atomic E-state index is 12.4. The average molecular weight is 338 g/mol. The van der Waals surface area contributed by atoms with Crippen molar-refractivity contribution in [2.24, 2.45) is 0 Å². The molecule has 0 saturated carbocycles. The molecule has 3 aromatic rings. The molecule has 0 saturated heterocycles. The van der Waals surface area contributed by atoms with Crippen molar-refractivity contribution in [3.05, 3.63) is 53.7 Å². The Labute approximate surface area is 147 Å². The molecule has 5 heteroatoms. The molecule has 0 fully saturated rings. The molecule has 0 aliphatic carbocycles. The van der Waals surface area contributed by atoms with Crippen molar-refractivity contribution in [3.63, 3.8) is 0 Å². The number of methoxy groups -OCH3 is 2. The fourth-order valence-electron chi connectivity index (χ4n) is 2.91. The van der Waals surface area contributed by atoms with Gasteiger partial charge in [0.2, 0.25) is 5.91 Å². The molecule has 25 heavy (non-hydrogen) atoms. The second-order valence-electron chi connectivity index (χ2n) is 5.93. The highest BCUT2D eigenvalue weighted by Gasteiger charge is 2.12. The zero-order chi connectivity index (χ0) is 17.8. The SMILES string of the molecule is COc1cc(C)c(NC(=O)CCc2c[nH]c3ccccc23)cc1OC. The minimum Gasteiger partial charge on any atom is -0.493 e. The minimum absolute atomic E-state index is 0.0272. The van der Waals surface area contributed by atoms with Crippen LogP contribution in [0.3, 0.4) is 0 Å². The van der Waals surface area contributed by atoms with Gasteiger partial charge in [-0.2, -0.15) is 0 Å². The van der Waals surface area contributed by atoms with E-state index in [1.165, 1.54) is 0 Å². The molecule has 3 rings (SSSR count). The minimum atomic E-state index is -0.0272. The molecule has 0 aliphatic rings. The summed E-state index contributed by atoms with van der Waals surface area (Å²) in [4.78, 5) is 15.6. The Morgan fingerprint density at radius 1 is 1.12 bits per heavy atom. The molecule has 0 aliphatic heterocycles. The summed E-state index contributed by atoms with van der Waals surface area (Å²) in [7, 11) is 3.17. The predicted molar refractivity (Wildman–Crippen MR) is 99.5 cm³/mol. The van der Waals surface area contributed by atoms with E-state index in [0.717, 1.165) is 27.7 Å². The van der Waals surface area contributed by atoms with Gasteiger partial charge in [0.15, 0.2) is 11.5 Å².